The Balaban J connectivity index is 1.69. The maximum atomic E-state index is 12.5. The number of ether oxygens (including phenoxy) is 1. The number of hydrogen-bond acceptors (Lipinski definition) is 4. The van der Waals surface area contributed by atoms with Crippen molar-refractivity contribution in [1.82, 2.24) is 4.98 Å². The molecule has 0 aliphatic carbocycles. The van der Waals surface area contributed by atoms with Crippen molar-refractivity contribution in [1.29, 1.82) is 0 Å². The van der Waals surface area contributed by atoms with E-state index in [0.717, 1.165) is 43.2 Å². The largest absolute Gasteiger partial charge is 0.378 e. The van der Waals surface area contributed by atoms with Crippen molar-refractivity contribution in [2.45, 2.75) is 19.8 Å². The zero-order chi connectivity index (χ0) is 16.9. The molecule has 1 fully saturated rings. The van der Waals surface area contributed by atoms with Crippen LogP contribution in [0.1, 0.15) is 24.1 Å². The number of morpholine rings is 1. The Morgan fingerprint density at radius 2 is 2.04 bits per heavy atom. The topological polar surface area (TPSA) is 54.5 Å². The highest BCUT2D eigenvalue weighted by atomic mass is 16.5. The van der Waals surface area contributed by atoms with E-state index in [2.05, 4.69) is 27.3 Å². The van der Waals surface area contributed by atoms with Crippen LogP contribution >= 0.6 is 0 Å². The van der Waals surface area contributed by atoms with Crippen LogP contribution in [0.3, 0.4) is 0 Å². The lowest BCUT2D eigenvalue weighted by atomic mass is 10.1. The highest BCUT2D eigenvalue weighted by Crippen LogP contribution is 2.24. The second-order valence-corrected chi connectivity index (χ2v) is 6.06. The third-order valence-corrected chi connectivity index (χ3v) is 4.37. The number of benzene rings is 1. The summed E-state index contributed by atoms with van der Waals surface area (Å²) in [5, 5.41) is 3.02. The summed E-state index contributed by atoms with van der Waals surface area (Å²) >= 11 is 0. The van der Waals surface area contributed by atoms with Crippen LogP contribution in [0, 0.1) is 6.92 Å². The summed E-state index contributed by atoms with van der Waals surface area (Å²) in [7, 11) is 0. The van der Waals surface area contributed by atoms with Gasteiger partial charge in [-0.25, -0.2) is 0 Å². The zero-order valence-corrected chi connectivity index (χ0v) is 14.2. The van der Waals surface area contributed by atoms with Gasteiger partial charge in [-0.3, -0.25) is 9.78 Å². The minimum absolute atomic E-state index is 0.0454. The van der Waals surface area contributed by atoms with Gasteiger partial charge in [-0.2, -0.15) is 0 Å². The molecular formula is C19H23N3O2. The van der Waals surface area contributed by atoms with E-state index in [0.29, 0.717) is 0 Å². The van der Waals surface area contributed by atoms with Crippen molar-refractivity contribution >= 4 is 17.3 Å². The van der Waals surface area contributed by atoms with Gasteiger partial charge in [-0.15, -0.1) is 0 Å². The number of aromatic nitrogens is 1. The number of carbonyl (C=O) groups is 1. The minimum atomic E-state index is -0.287. The Bertz CT molecular complexity index is 697. The maximum Gasteiger partial charge on any atom is 0.233 e. The second-order valence-electron chi connectivity index (χ2n) is 6.06. The van der Waals surface area contributed by atoms with E-state index >= 15 is 0 Å². The molecule has 1 aliphatic heterocycles. The number of aryl methyl sites for hydroxylation is 1. The van der Waals surface area contributed by atoms with Crippen LogP contribution in [-0.2, 0) is 9.53 Å². The highest BCUT2D eigenvalue weighted by Gasteiger charge is 2.18. The van der Waals surface area contributed by atoms with Crippen LogP contribution in [0.4, 0.5) is 11.4 Å². The Morgan fingerprint density at radius 1 is 1.25 bits per heavy atom. The number of nitrogens with one attached hydrogen (secondary N) is 1. The number of anilines is 2. The van der Waals surface area contributed by atoms with Gasteiger partial charge < -0.3 is 15.0 Å². The summed E-state index contributed by atoms with van der Waals surface area (Å²) in [5.74, 6) is -0.333. The summed E-state index contributed by atoms with van der Waals surface area (Å²) in [6.45, 7) is 7.22. The molecule has 126 valence electrons. The third kappa shape index (κ3) is 3.74. The van der Waals surface area contributed by atoms with Crippen molar-refractivity contribution in [2.75, 3.05) is 36.5 Å². The lowest BCUT2D eigenvalue weighted by Crippen LogP contribution is -2.36. The van der Waals surface area contributed by atoms with Crippen molar-refractivity contribution in [3.8, 4) is 0 Å². The number of hydrogen-bond donors (Lipinski definition) is 1. The molecule has 5 heteroatoms. The quantitative estimate of drug-likeness (QED) is 0.939. The molecule has 1 atom stereocenters. The van der Waals surface area contributed by atoms with Crippen LogP contribution in [-0.4, -0.2) is 37.2 Å². The van der Waals surface area contributed by atoms with E-state index in [1.807, 2.05) is 38.1 Å². The van der Waals surface area contributed by atoms with Gasteiger partial charge in [0.1, 0.15) is 0 Å². The molecule has 5 nitrogen and oxygen atoms in total. The molecule has 2 aromatic rings. The fourth-order valence-electron chi connectivity index (χ4n) is 2.81. The van der Waals surface area contributed by atoms with Crippen LogP contribution in [0.5, 0.6) is 0 Å². The van der Waals surface area contributed by atoms with Crippen molar-refractivity contribution in [3.63, 3.8) is 0 Å². The minimum Gasteiger partial charge on any atom is -0.378 e. The first-order valence-corrected chi connectivity index (χ1v) is 8.30. The van der Waals surface area contributed by atoms with Crippen molar-refractivity contribution in [3.05, 3.63) is 53.9 Å². The van der Waals surface area contributed by atoms with Gasteiger partial charge in [0.05, 0.1) is 24.8 Å². The Kier molecular flexibility index (Phi) is 5.11. The fraction of sp³-hybridized carbons (Fsp3) is 0.368. The molecule has 0 spiro atoms. The molecule has 3 rings (SSSR count). The molecule has 1 aliphatic rings. The molecule has 2 heterocycles. The lowest BCUT2D eigenvalue weighted by molar-refractivity contribution is -0.117. The summed E-state index contributed by atoms with van der Waals surface area (Å²) in [5.41, 5.74) is 3.85. The molecule has 1 saturated heterocycles. The average Bonchev–Trinajstić information content (AvgIpc) is 2.64. The van der Waals surface area contributed by atoms with Gasteiger partial charge in [-0.1, -0.05) is 6.07 Å². The van der Waals surface area contributed by atoms with Crippen LogP contribution in [0.25, 0.3) is 0 Å². The zero-order valence-electron chi connectivity index (χ0n) is 14.2. The van der Waals surface area contributed by atoms with E-state index in [1.165, 1.54) is 5.69 Å². The van der Waals surface area contributed by atoms with Gasteiger partial charge >= 0.3 is 0 Å². The first-order valence-electron chi connectivity index (χ1n) is 8.30. The van der Waals surface area contributed by atoms with Gasteiger partial charge in [-0.05, 0) is 49.7 Å². The Hall–Kier alpha value is -2.40. The molecule has 1 amide bonds. The lowest BCUT2D eigenvalue weighted by Gasteiger charge is -2.29. The maximum absolute atomic E-state index is 12.5. The smallest absolute Gasteiger partial charge is 0.233 e. The first-order chi connectivity index (χ1) is 11.6. The molecule has 1 aromatic carbocycles. The van der Waals surface area contributed by atoms with Crippen molar-refractivity contribution in [2.24, 2.45) is 0 Å². The summed E-state index contributed by atoms with van der Waals surface area (Å²) in [6, 6.07) is 11.8. The van der Waals surface area contributed by atoms with E-state index in [4.69, 9.17) is 4.74 Å². The molecule has 0 bridgehead atoms. The third-order valence-electron chi connectivity index (χ3n) is 4.37. The normalized spacial score (nSPS) is 15.8. The second kappa shape index (κ2) is 7.45. The van der Waals surface area contributed by atoms with Gasteiger partial charge in [0, 0.05) is 30.7 Å². The summed E-state index contributed by atoms with van der Waals surface area (Å²) in [6.07, 6.45) is 1.71. The molecule has 1 aromatic heterocycles. The summed E-state index contributed by atoms with van der Waals surface area (Å²) in [4.78, 5) is 19.0. The monoisotopic (exact) mass is 325 g/mol. The highest BCUT2D eigenvalue weighted by molar-refractivity contribution is 5.96. The number of rotatable bonds is 4. The number of nitrogens with zero attached hydrogens (tertiary/aromatic N) is 2. The SMILES string of the molecule is Cc1cc(N2CCOCC2)ccc1NC(=O)C(C)c1ccccn1. The average molecular weight is 325 g/mol. The summed E-state index contributed by atoms with van der Waals surface area (Å²) < 4.78 is 5.39. The molecule has 0 saturated carbocycles. The van der Waals surface area contributed by atoms with E-state index < -0.39 is 0 Å². The predicted molar refractivity (Wildman–Crippen MR) is 95.5 cm³/mol. The molecular weight excluding hydrogens is 302 g/mol. The Labute approximate surface area is 142 Å². The van der Waals surface area contributed by atoms with Crippen molar-refractivity contribution < 1.29 is 9.53 Å². The standard InChI is InChI=1S/C19H23N3O2/c1-14-13-16(22-9-11-24-12-10-22)6-7-17(14)21-19(23)15(2)18-5-3-4-8-20-18/h3-8,13,15H,9-12H2,1-2H3,(H,21,23). The molecule has 24 heavy (non-hydrogen) atoms. The van der Waals surface area contributed by atoms with E-state index in [9.17, 15) is 4.79 Å². The number of amides is 1. The van der Waals surface area contributed by atoms with Gasteiger partial charge in [0.2, 0.25) is 5.91 Å². The fourth-order valence-corrected chi connectivity index (χ4v) is 2.81. The number of carbonyl (C=O) groups excluding carboxylic acids is 1. The van der Waals surface area contributed by atoms with E-state index in [-0.39, 0.29) is 11.8 Å². The van der Waals surface area contributed by atoms with Gasteiger partial charge in [0.15, 0.2) is 0 Å². The van der Waals surface area contributed by atoms with E-state index in [1.54, 1.807) is 6.20 Å². The molecule has 0 radical (unpaired) electrons. The van der Waals surface area contributed by atoms with Gasteiger partial charge in [0.25, 0.3) is 0 Å². The Morgan fingerprint density at radius 3 is 2.71 bits per heavy atom. The molecule has 1 N–H and O–H groups in total. The van der Waals surface area contributed by atoms with Crippen LogP contribution in [0.15, 0.2) is 42.6 Å². The first kappa shape index (κ1) is 16.5. The molecule has 1 unspecified atom stereocenters. The van der Waals surface area contributed by atoms with Crippen LogP contribution in [0.2, 0.25) is 0 Å². The predicted octanol–water partition coefficient (Wildman–Crippen LogP) is 2.97. The number of pyridine rings is 1. The van der Waals surface area contributed by atoms with Crippen LogP contribution < -0.4 is 10.2 Å².